The molecule has 0 amide bonds. The highest BCUT2D eigenvalue weighted by atomic mass is 32.2. The van der Waals surface area contributed by atoms with Crippen molar-refractivity contribution in [3.63, 3.8) is 0 Å². The topological polar surface area (TPSA) is 72.2 Å². The fourth-order valence-electron chi connectivity index (χ4n) is 2.11. The Kier molecular flexibility index (Phi) is 4.58. The van der Waals surface area contributed by atoms with E-state index in [9.17, 15) is 8.42 Å². The second-order valence-electron chi connectivity index (χ2n) is 6.28. The van der Waals surface area contributed by atoms with E-state index in [0.29, 0.717) is 12.2 Å². The molecule has 2 aromatic rings. The first-order valence-corrected chi connectivity index (χ1v) is 8.63. The minimum atomic E-state index is -3.59. The maximum absolute atomic E-state index is 12.4. The summed E-state index contributed by atoms with van der Waals surface area (Å²) in [6.45, 7) is 6.64. The quantitative estimate of drug-likeness (QED) is 0.909. The standard InChI is InChI=1S/C17H22N2O2S/c1-17(2,3)14-7-9-16(10-8-14)22(20,21)19-15-6-4-5-13(11-15)12-18/h4-11,19H,12,18H2,1-3H3. The van der Waals surface area contributed by atoms with Crippen molar-refractivity contribution in [2.24, 2.45) is 5.73 Å². The molecular formula is C17H22N2O2S. The van der Waals surface area contributed by atoms with E-state index in [1.807, 2.05) is 18.2 Å². The van der Waals surface area contributed by atoms with Crippen LogP contribution in [0.2, 0.25) is 0 Å². The number of hydrogen-bond donors (Lipinski definition) is 2. The summed E-state index contributed by atoms with van der Waals surface area (Å²) >= 11 is 0. The molecule has 0 saturated heterocycles. The molecule has 0 unspecified atom stereocenters. The summed E-state index contributed by atoms with van der Waals surface area (Å²) in [5.41, 5.74) is 8.05. The van der Waals surface area contributed by atoms with Crippen molar-refractivity contribution in [1.29, 1.82) is 0 Å². The fourth-order valence-corrected chi connectivity index (χ4v) is 3.16. The van der Waals surface area contributed by atoms with Crippen LogP contribution in [0.3, 0.4) is 0 Å². The number of sulfonamides is 1. The van der Waals surface area contributed by atoms with Crippen LogP contribution < -0.4 is 10.5 Å². The SMILES string of the molecule is CC(C)(C)c1ccc(S(=O)(=O)Nc2cccc(CN)c2)cc1. The summed E-state index contributed by atoms with van der Waals surface area (Å²) in [6, 6.07) is 14.1. The Hall–Kier alpha value is -1.85. The molecule has 0 atom stereocenters. The van der Waals surface area contributed by atoms with Crippen LogP contribution >= 0.6 is 0 Å². The van der Waals surface area contributed by atoms with Crippen molar-refractivity contribution in [2.45, 2.75) is 37.6 Å². The lowest BCUT2D eigenvalue weighted by molar-refractivity contribution is 0.587. The largest absolute Gasteiger partial charge is 0.326 e. The molecule has 0 saturated carbocycles. The molecule has 5 heteroatoms. The lowest BCUT2D eigenvalue weighted by Crippen LogP contribution is -2.15. The van der Waals surface area contributed by atoms with Crippen LogP contribution in [0, 0.1) is 0 Å². The van der Waals surface area contributed by atoms with E-state index in [-0.39, 0.29) is 10.3 Å². The highest BCUT2D eigenvalue weighted by Gasteiger charge is 2.17. The number of rotatable bonds is 4. The van der Waals surface area contributed by atoms with Crippen molar-refractivity contribution in [1.82, 2.24) is 0 Å². The predicted octanol–water partition coefficient (Wildman–Crippen LogP) is 3.24. The molecule has 22 heavy (non-hydrogen) atoms. The Bertz CT molecular complexity index is 745. The van der Waals surface area contributed by atoms with Crippen LogP contribution in [0.4, 0.5) is 5.69 Å². The maximum Gasteiger partial charge on any atom is 0.261 e. The first-order chi connectivity index (χ1) is 10.2. The van der Waals surface area contributed by atoms with E-state index < -0.39 is 10.0 Å². The van der Waals surface area contributed by atoms with Crippen LogP contribution in [-0.4, -0.2) is 8.42 Å². The van der Waals surface area contributed by atoms with Crippen LogP contribution in [0.15, 0.2) is 53.4 Å². The van der Waals surface area contributed by atoms with Crippen molar-refractivity contribution >= 4 is 15.7 Å². The third-order valence-electron chi connectivity index (χ3n) is 3.45. The molecule has 0 spiro atoms. The predicted molar refractivity (Wildman–Crippen MR) is 90.3 cm³/mol. The van der Waals surface area contributed by atoms with Crippen LogP contribution in [0.25, 0.3) is 0 Å². The van der Waals surface area contributed by atoms with Gasteiger partial charge in [0.15, 0.2) is 0 Å². The smallest absolute Gasteiger partial charge is 0.261 e. The third-order valence-corrected chi connectivity index (χ3v) is 4.84. The Morgan fingerprint density at radius 2 is 1.68 bits per heavy atom. The van der Waals surface area contributed by atoms with Gasteiger partial charge >= 0.3 is 0 Å². The molecule has 2 aromatic carbocycles. The fraction of sp³-hybridized carbons (Fsp3) is 0.294. The van der Waals surface area contributed by atoms with E-state index in [2.05, 4.69) is 25.5 Å². The number of benzene rings is 2. The lowest BCUT2D eigenvalue weighted by atomic mass is 9.87. The first-order valence-electron chi connectivity index (χ1n) is 7.15. The first kappa shape index (κ1) is 16.5. The molecule has 0 aliphatic carbocycles. The summed E-state index contributed by atoms with van der Waals surface area (Å²) < 4.78 is 27.4. The zero-order chi connectivity index (χ0) is 16.4. The van der Waals surface area contributed by atoms with Crippen molar-refractivity contribution in [2.75, 3.05) is 4.72 Å². The Labute approximate surface area is 132 Å². The second kappa shape index (κ2) is 6.10. The molecule has 118 valence electrons. The summed E-state index contributed by atoms with van der Waals surface area (Å²) in [4.78, 5) is 0.249. The summed E-state index contributed by atoms with van der Waals surface area (Å²) in [6.07, 6.45) is 0. The van der Waals surface area contributed by atoms with E-state index in [1.54, 1.807) is 30.3 Å². The third kappa shape index (κ3) is 3.87. The number of nitrogens with one attached hydrogen (secondary N) is 1. The minimum Gasteiger partial charge on any atom is -0.326 e. The highest BCUT2D eigenvalue weighted by Crippen LogP contribution is 2.24. The van der Waals surface area contributed by atoms with Gasteiger partial charge in [-0.2, -0.15) is 0 Å². The van der Waals surface area contributed by atoms with E-state index in [1.165, 1.54) is 0 Å². The average Bonchev–Trinajstić information content (AvgIpc) is 2.46. The molecule has 0 aliphatic rings. The van der Waals surface area contributed by atoms with E-state index in [0.717, 1.165) is 11.1 Å². The van der Waals surface area contributed by atoms with Crippen LogP contribution in [0.5, 0.6) is 0 Å². The van der Waals surface area contributed by atoms with Crippen LogP contribution in [-0.2, 0) is 22.0 Å². The number of anilines is 1. The van der Waals surface area contributed by atoms with Gasteiger partial charge in [0.1, 0.15) is 0 Å². The summed E-state index contributed by atoms with van der Waals surface area (Å²) in [7, 11) is -3.59. The van der Waals surface area contributed by atoms with Gasteiger partial charge in [0.25, 0.3) is 10.0 Å². The Balaban J connectivity index is 2.26. The maximum atomic E-state index is 12.4. The molecule has 0 fully saturated rings. The molecule has 0 aromatic heterocycles. The highest BCUT2D eigenvalue weighted by molar-refractivity contribution is 7.92. The molecule has 3 N–H and O–H groups in total. The molecule has 0 heterocycles. The molecular weight excluding hydrogens is 296 g/mol. The van der Waals surface area contributed by atoms with Gasteiger partial charge in [-0.3, -0.25) is 4.72 Å². The zero-order valence-corrected chi connectivity index (χ0v) is 13.9. The average molecular weight is 318 g/mol. The molecule has 0 radical (unpaired) electrons. The van der Waals surface area contributed by atoms with E-state index in [4.69, 9.17) is 5.73 Å². The van der Waals surface area contributed by atoms with Gasteiger partial charge in [0.2, 0.25) is 0 Å². The van der Waals surface area contributed by atoms with Gasteiger partial charge < -0.3 is 5.73 Å². The van der Waals surface area contributed by atoms with Crippen molar-refractivity contribution < 1.29 is 8.42 Å². The van der Waals surface area contributed by atoms with Gasteiger partial charge in [-0.15, -0.1) is 0 Å². The zero-order valence-electron chi connectivity index (χ0n) is 13.1. The lowest BCUT2D eigenvalue weighted by Gasteiger charge is -2.19. The van der Waals surface area contributed by atoms with Gasteiger partial charge in [-0.05, 0) is 40.8 Å². The molecule has 0 aliphatic heterocycles. The Morgan fingerprint density at radius 3 is 2.23 bits per heavy atom. The molecule has 0 bridgehead atoms. The number of hydrogen-bond acceptors (Lipinski definition) is 3. The van der Waals surface area contributed by atoms with Crippen molar-refractivity contribution in [3.05, 3.63) is 59.7 Å². The molecule has 2 rings (SSSR count). The van der Waals surface area contributed by atoms with Gasteiger partial charge in [-0.1, -0.05) is 45.0 Å². The van der Waals surface area contributed by atoms with Gasteiger partial charge in [0.05, 0.1) is 4.90 Å². The molecule has 4 nitrogen and oxygen atoms in total. The summed E-state index contributed by atoms with van der Waals surface area (Å²) in [5.74, 6) is 0. The second-order valence-corrected chi connectivity index (χ2v) is 7.97. The van der Waals surface area contributed by atoms with E-state index >= 15 is 0 Å². The summed E-state index contributed by atoms with van der Waals surface area (Å²) in [5, 5.41) is 0. The minimum absolute atomic E-state index is 0.00875. The number of nitrogens with two attached hydrogens (primary N) is 1. The van der Waals surface area contributed by atoms with Gasteiger partial charge in [0, 0.05) is 12.2 Å². The van der Waals surface area contributed by atoms with Crippen molar-refractivity contribution in [3.8, 4) is 0 Å². The Morgan fingerprint density at radius 1 is 1.05 bits per heavy atom. The van der Waals surface area contributed by atoms with Crippen LogP contribution in [0.1, 0.15) is 31.9 Å². The monoisotopic (exact) mass is 318 g/mol. The van der Waals surface area contributed by atoms with Gasteiger partial charge in [-0.25, -0.2) is 8.42 Å². The normalized spacial score (nSPS) is 12.2.